The molecule has 0 aromatic heterocycles. The van der Waals surface area contributed by atoms with Gasteiger partial charge in [-0.25, -0.2) is 0 Å². The number of hydrogen-bond donors (Lipinski definition) is 0. The van der Waals surface area contributed by atoms with E-state index in [-0.39, 0.29) is 20.0 Å². The van der Waals surface area contributed by atoms with Crippen LogP contribution in [0.5, 0.6) is 0 Å². The second-order valence-electron chi connectivity index (χ2n) is 14.8. The van der Waals surface area contributed by atoms with Crippen molar-refractivity contribution in [2.45, 2.75) is 94.0 Å². The number of benzene rings is 4. The fraction of sp³-hybridized carbons (Fsp3) is 0.375. The van der Waals surface area contributed by atoms with Crippen molar-refractivity contribution in [2.75, 3.05) is 0 Å². The fourth-order valence-corrected chi connectivity index (χ4v) is 17.9. The summed E-state index contributed by atoms with van der Waals surface area (Å²) in [5.41, 5.74) is 0. The van der Waals surface area contributed by atoms with Gasteiger partial charge in [0.2, 0.25) is 6.29 Å². The zero-order valence-corrected chi connectivity index (χ0v) is 33.5. The van der Waals surface area contributed by atoms with Crippen molar-refractivity contribution in [1.29, 1.82) is 0 Å². The summed E-state index contributed by atoms with van der Waals surface area (Å²) in [5, 5.41) is 4.20. The van der Waals surface area contributed by atoms with Gasteiger partial charge in [0.1, 0.15) is 3.92 Å². The third-order valence-electron chi connectivity index (χ3n) is 9.45. The van der Waals surface area contributed by atoms with Crippen molar-refractivity contribution in [1.82, 2.24) is 0 Å². The molecule has 0 unspecified atom stereocenters. The number of ether oxygens (including phenoxy) is 2. The van der Waals surface area contributed by atoms with Gasteiger partial charge in [0.15, 0.2) is 0 Å². The topological polar surface area (TPSA) is 54.0 Å². The highest BCUT2D eigenvalue weighted by Crippen LogP contribution is 2.44. The van der Waals surface area contributed by atoms with E-state index in [1.807, 2.05) is 6.92 Å². The highest BCUT2D eigenvalue weighted by atomic mass is 127. The van der Waals surface area contributed by atoms with Crippen LogP contribution in [-0.4, -0.2) is 51.1 Å². The lowest BCUT2D eigenvalue weighted by Gasteiger charge is -2.53. The third-order valence-corrected chi connectivity index (χ3v) is 20.8. The van der Waals surface area contributed by atoms with E-state index in [2.05, 4.69) is 185 Å². The quantitative estimate of drug-likeness (QED) is 0.0793. The van der Waals surface area contributed by atoms with Gasteiger partial charge < -0.3 is 18.3 Å². The molecule has 5 nitrogen and oxygen atoms in total. The standard InChI is InChI=1S/C40H49IO5Si2/c1-29-36(45-47(39(3,4)5,31-21-13-9-14-22-31)32-23-15-10-16-24-32)37(35(41)38(43-29)44-30(2)42)46-48(40(6,7)8,33-25-17-11-18-26-33)34-27-19-12-20-28-34/h9-29,35-38H,1-8H3/t29-,35-,36-,37-,38+/m1/s1. The van der Waals surface area contributed by atoms with Gasteiger partial charge in [-0.05, 0) is 37.7 Å². The zero-order valence-electron chi connectivity index (χ0n) is 29.4. The minimum absolute atomic E-state index is 0.259. The molecule has 48 heavy (non-hydrogen) atoms. The van der Waals surface area contributed by atoms with Crippen LogP contribution in [0.4, 0.5) is 0 Å². The van der Waals surface area contributed by atoms with Crippen LogP contribution in [0.2, 0.25) is 10.1 Å². The number of carbonyl (C=O) groups excluding carboxylic acids is 1. The second kappa shape index (κ2) is 14.7. The van der Waals surface area contributed by atoms with Crippen molar-refractivity contribution in [3.05, 3.63) is 121 Å². The lowest BCUT2D eigenvalue weighted by atomic mass is 10.0. The summed E-state index contributed by atoms with van der Waals surface area (Å²) in [5.74, 6) is -0.385. The summed E-state index contributed by atoms with van der Waals surface area (Å²) < 4.78 is 27.8. The van der Waals surface area contributed by atoms with E-state index in [0.29, 0.717) is 0 Å². The van der Waals surface area contributed by atoms with Gasteiger partial charge in [-0.15, -0.1) is 0 Å². The van der Waals surface area contributed by atoms with E-state index < -0.39 is 41.2 Å². The number of alkyl halides is 1. The second-order valence-corrected chi connectivity index (χ2v) is 24.7. The van der Waals surface area contributed by atoms with Crippen LogP contribution in [0.1, 0.15) is 55.4 Å². The van der Waals surface area contributed by atoms with Crippen molar-refractivity contribution in [3.63, 3.8) is 0 Å². The molecule has 0 spiro atoms. The summed E-state index contributed by atoms with van der Waals surface area (Å²) in [6, 6.07) is 42.7. The Morgan fingerprint density at radius 2 is 0.917 bits per heavy atom. The van der Waals surface area contributed by atoms with Crippen molar-refractivity contribution in [3.8, 4) is 0 Å². The Morgan fingerprint density at radius 1 is 0.604 bits per heavy atom. The number of halogens is 1. The Hall–Kier alpha value is -2.61. The molecule has 5 atom stereocenters. The van der Waals surface area contributed by atoms with Crippen LogP contribution >= 0.6 is 22.6 Å². The van der Waals surface area contributed by atoms with Gasteiger partial charge in [0.05, 0.1) is 18.3 Å². The summed E-state index contributed by atoms with van der Waals surface area (Å²) in [6.45, 7) is 17.2. The van der Waals surface area contributed by atoms with Gasteiger partial charge in [0, 0.05) is 6.92 Å². The smallest absolute Gasteiger partial charge is 0.304 e. The number of esters is 1. The maximum Gasteiger partial charge on any atom is 0.304 e. The first kappa shape index (κ1) is 36.7. The maximum atomic E-state index is 12.4. The first-order valence-electron chi connectivity index (χ1n) is 16.8. The largest absolute Gasteiger partial charge is 0.435 e. The van der Waals surface area contributed by atoms with Crippen LogP contribution in [0.25, 0.3) is 0 Å². The van der Waals surface area contributed by atoms with Crippen LogP contribution < -0.4 is 20.7 Å². The lowest BCUT2D eigenvalue weighted by Crippen LogP contribution is -2.74. The maximum absolute atomic E-state index is 12.4. The average Bonchev–Trinajstić information content (AvgIpc) is 3.05. The third kappa shape index (κ3) is 7.02. The average molecular weight is 793 g/mol. The van der Waals surface area contributed by atoms with E-state index in [4.69, 9.17) is 18.3 Å². The summed E-state index contributed by atoms with van der Waals surface area (Å²) >= 11 is 2.38. The van der Waals surface area contributed by atoms with Crippen LogP contribution in [0.15, 0.2) is 121 Å². The molecular weight excluding hydrogens is 744 g/mol. The van der Waals surface area contributed by atoms with Crippen molar-refractivity contribution < 1.29 is 23.1 Å². The molecule has 5 rings (SSSR count). The van der Waals surface area contributed by atoms with Gasteiger partial charge in [-0.3, -0.25) is 4.79 Å². The molecule has 0 N–H and O–H groups in total. The molecule has 1 saturated heterocycles. The molecule has 0 amide bonds. The molecule has 0 bridgehead atoms. The number of rotatable bonds is 9. The van der Waals surface area contributed by atoms with E-state index >= 15 is 0 Å². The first-order valence-corrected chi connectivity index (χ1v) is 21.8. The van der Waals surface area contributed by atoms with Gasteiger partial charge in [-0.1, -0.05) is 185 Å². The Bertz CT molecular complexity index is 1550. The SMILES string of the molecule is CC(=O)O[C@@H]1O[C@H](C)[C@@H](O[Si](c2ccccc2)(c2ccccc2)C(C)(C)C)[C@H](O[Si](c2ccccc2)(c2ccccc2)C(C)(C)C)[C@H]1I. The summed E-state index contributed by atoms with van der Waals surface area (Å²) in [7, 11) is -6.10. The number of carbonyl (C=O) groups is 1. The van der Waals surface area contributed by atoms with Crippen LogP contribution in [0.3, 0.4) is 0 Å². The molecule has 1 heterocycles. The summed E-state index contributed by atoms with van der Waals surface area (Å²) in [6.07, 6.45) is -2.19. The highest BCUT2D eigenvalue weighted by molar-refractivity contribution is 14.1. The molecule has 0 radical (unpaired) electrons. The zero-order chi connectivity index (χ0) is 34.7. The molecular formula is C40H49IO5Si2. The van der Waals surface area contributed by atoms with Crippen molar-refractivity contribution >= 4 is 65.9 Å². The predicted molar refractivity (Wildman–Crippen MR) is 209 cm³/mol. The molecule has 1 aliphatic heterocycles. The van der Waals surface area contributed by atoms with E-state index in [0.717, 1.165) is 0 Å². The predicted octanol–water partition coefficient (Wildman–Crippen LogP) is 6.99. The molecule has 1 fully saturated rings. The highest BCUT2D eigenvalue weighted by Gasteiger charge is 2.59. The summed E-state index contributed by atoms with van der Waals surface area (Å²) in [4.78, 5) is 12.4. The Labute approximate surface area is 302 Å². The van der Waals surface area contributed by atoms with Gasteiger partial charge in [-0.2, -0.15) is 0 Å². The minimum Gasteiger partial charge on any atom is -0.435 e. The minimum atomic E-state index is -3.06. The molecule has 254 valence electrons. The van der Waals surface area contributed by atoms with E-state index in [1.54, 1.807) is 0 Å². The van der Waals surface area contributed by atoms with Crippen LogP contribution in [0, 0.1) is 0 Å². The normalized spacial score (nSPS) is 22.2. The van der Waals surface area contributed by atoms with Gasteiger partial charge >= 0.3 is 5.97 Å². The Balaban J connectivity index is 1.76. The Kier molecular flexibility index (Phi) is 11.2. The molecule has 4 aromatic rings. The molecule has 1 aliphatic rings. The Morgan fingerprint density at radius 3 is 1.21 bits per heavy atom. The molecule has 8 heteroatoms. The van der Waals surface area contributed by atoms with Crippen molar-refractivity contribution in [2.24, 2.45) is 0 Å². The van der Waals surface area contributed by atoms with Gasteiger partial charge in [0.25, 0.3) is 16.6 Å². The number of hydrogen-bond acceptors (Lipinski definition) is 5. The fourth-order valence-electron chi connectivity index (χ4n) is 7.31. The molecule has 0 aliphatic carbocycles. The monoisotopic (exact) mass is 792 g/mol. The molecule has 4 aromatic carbocycles. The molecule has 0 saturated carbocycles. The lowest BCUT2D eigenvalue weighted by molar-refractivity contribution is -0.228. The van der Waals surface area contributed by atoms with E-state index in [9.17, 15) is 4.79 Å². The first-order chi connectivity index (χ1) is 22.7. The van der Waals surface area contributed by atoms with E-state index in [1.165, 1.54) is 27.7 Å². The van der Waals surface area contributed by atoms with Crippen LogP contribution in [-0.2, 0) is 23.1 Å².